The van der Waals surface area contributed by atoms with Crippen molar-refractivity contribution in [2.45, 2.75) is 12.5 Å². The van der Waals surface area contributed by atoms with Gasteiger partial charge in [-0.25, -0.2) is 8.78 Å². The molecule has 1 atom stereocenters. The number of methoxy groups -OCH3 is 1. The topological polar surface area (TPSA) is 70.6 Å². The van der Waals surface area contributed by atoms with Crippen LogP contribution in [0.3, 0.4) is 0 Å². The molecule has 1 unspecified atom stereocenters. The van der Waals surface area contributed by atoms with Crippen LogP contribution in [-0.2, 0) is 9.53 Å². The number of nitrogens with one attached hydrogen (secondary N) is 2. The molecule has 15 heavy (non-hydrogen) atoms. The summed E-state index contributed by atoms with van der Waals surface area (Å²) in [5.41, 5.74) is 0. The first-order chi connectivity index (χ1) is 7.07. The van der Waals surface area contributed by atoms with Gasteiger partial charge in [0.2, 0.25) is 5.91 Å². The summed E-state index contributed by atoms with van der Waals surface area (Å²) in [6.07, 6.45) is -4.54. The largest absolute Gasteiger partial charge is 0.386 e. The minimum atomic E-state index is -2.80. The van der Waals surface area contributed by atoms with Gasteiger partial charge in [0.1, 0.15) is 6.10 Å². The van der Waals surface area contributed by atoms with Crippen LogP contribution in [0.4, 0.5) is 8.78 Å². The summed E-state index contributed by atoms with van der Waals surface area (Å²) in [6, 6.07) is 0. The summed E-state index contributed by atoms with van der Waals surface area (Å²) >= 11 is 0. The Balaban J connectivity index is 3.38. The molecule has 0 heterocycles. The van der Waals surface area contributed by atoms with Gasteiger partial charge in [-0.05, 0) is 0 Å². The minimum Gasteiger partial charge on any atom is -0.386 e. The number of aliphatic hydroxyl groups excluding tert-OH is 1. The molecule has 0 saturated heterocycles. The fraction of sp³-hybridized carbons (Fsp3) is 0.875. The van der Waals surface area contributed by atoms with Gasteiger partial charge in [-0.2, -0.15) is 0 Å². The highest BCUT2D eigenvalue weighted by atomic mass is 19.3. The van der Waals surface area contributed by atoms with Crippen LogP contribution in [0, 0.1) is 0 Å². The molecule has 0 aliphatic heterocycles. The number of hydrogen-bond donors (Lipinski definition) is 3. The summed E-state index contributed by atoms with van der Waals surface area (Å²) < 4.78 is 28.3. The average molecular weight is 226 g/mol. The van der Waals surface area contributed by atoms with Crippen molar-refractivity contribution in [1.29, 1.82) is 0 Å². The molecule has 0 bridgehead atoms. The zero-order chi connectivity index (χ0) is 11.7. The Morgan fingerprint density at radius 3 is 2.73 bits per heavy atom. The number of alkyl halides is 2. The predicted molar refractivity (Wildman–Crippen MR) is 49.8 cm³/mol. The summed E-state index contributed by atoms with van der Waals surface area (Å²) in [5, 5.41) is 13.6. The number of hydrogen-bond acceptors (Lipinski definition) is 4. The predicted octanol–water partition coefficient (Wildman–Crippen LogP) is -1.04. The van der Waals surface area contributed by atoms with Crippen LogP contribution in [0.1, 0.15) is 0 Å². The quantitative estimate of drug-likeness (QED) is 0.463. The van der Waals surface area contributed by atoms with Gasteiger partial charge >= 0.3 is 0 Å². The molecule has 0 aromatic rings. The number of halogens is 2. The maximum absolute atomic E-state index is 11.8. The van der Waals surface area contributed by atoms with Crippen molar-refractivity contribution < 1.29 is 23.4 Å². The van der Waals surface area contributed by atoms with E-state index in [1.54, 1.807) is 0 Å². The lowest BCUT2D eigenvalue weighted by Gasteiger charge is -2.10. The standard InChI is InChI=1S/C8H16F2N2O3/c1-15-3-2-12-7(14)5-11-4-6(13)8(9)10/h6,8,11,13H,2-5H2,1H3,(H,12,14). The second kappa shape index (κ2) is 8.51. The van der Waals surface area contributed by atoms with E-state index >= 15 is 0 Å². The fourth-order valence-corrected chi connectivity index (χ4v) is 0.778. The van der Waals surface area contributed by atoms with E-state index in [-0.39, 0.29) is 19.0 Å². The molecular formula is C8H16F2N2O3. The highest BCUT2D eigenvalue weighted by Gasteiger charge is 2.16. The summed E-state index contributed by atoms with van der Waals surface area (Å²) in [6.45, 7) is 0.350. The van der Waals surface area contributed by atoms with E-state index in [1.165, 1.54) is 7.11 Å². The number of amides is 1. The number of carbonyl (C=O) groups excluding carboxylic acids is 1. The Bertz CT molecular complexity index is 181. The van der Waals surface area contributed by atoms with Crippen molar-refractivity contribution >= 4 is 5.91 Å². The van der Waals surface area contributed by atoms with Crippen molar-refractivity contribution in [3.8, 4) is 0 Å². The number of aliphatic hydroxyl groups is 1. The zero-order valence-corrected chi connectivity index (χ0v) is 8.50. The Morgan fingerprint density at radius 1 is 1.53 bits per heavy atom. The molecule has 3 N–H and O–H groups in total. The van der Waals surface area contributed by atoms with E-state index in [0.717, 1.165) is 0 Å². The van der Waals surface area contributed by atoms with E-state index in [4.69, 9.17) is 9.84 Å². The molecule has 0 aromatic carbocycles. The normalized spacial score (nSPS) is 12.9. The van der Waals surface area contributed by atoms with Crippen LogP contribution < -0.4 is 10.6 Å². The molecule has 90 valence electrons. The van der Waals surface area contributed by atoms with Crippen LogP contribution in [0.25, 0.3) is 0 Å². The lowest BCUT2D eigenvalue weighted by Crippen LogP contribution is -2.40. The summed E-state index contributed by atoms with van der Waals surface area (Å²) in [5.74, 6) is -0.325. The van der Waals surface area contributed by atoms with Crippen LogP contribution in [0.15, 0.2) is 0 Å². The van der Waals surface area contributed by atoms with Crippen molar-refractivity contribution in [3.05, 3.63) is 0 Å². The Morgan fingerprint density at radius 2 is 2.20 bits per heavy atom. The van der Waals surface area contributed by atoms with Gasteiger partial charge < -0.3 is 20.5 Å². The molecule has 0 spiro atoms. The van der Waals surface area contributed by atoms with Crippen LogP contribution in [0.2, 0.25) is 0 Å². The molecule has 0 aliphatic carbocycles. The van der Waals surface area contributed by atoms with Crippen LogP contribution in [-0.4, -0.2) is 56.9 Å². The van der Waals surface area contributed by atoms with Gasteiger partial charge in [0, 0.05) is 20.2 Å². The van der Waals surface area contributed by atoms with E-state index in [9.17, 15) is 13.6 Å². The first-order valence-electron chi connectivity index (χ1n) is 4.50. The first kappa shape index (κ1) is 14.2. The highest BCUT2D eigenvalue weighted by molar-refractivity contribution is 5.77. The van der Waals surface area contributed by atoms with Gasteiger partial charge in [0.15, 0.2) is 0 Å². The third kappa shape index (κ3) is 8.22. The van der Waals surface area contributed by atoms with Crippen LogP contribution in [0.5, 0.6) is 0 Å². The lowest BCUT2D eigenvalue weighted by atomic mass is 10.3. The third-order valence-corrected chi connectivity index (χ3v) is 1.56. The monoisotopic (exact) mass is 226 g/mol. The fourth-order valence-electron chi connectivity index (χ4n) is 0.778. The Kier molecular flexibility index (Phi) is 8.06. The third-order valence-electron chi connectivity index (χ3n) is 1.56. The van der Waals surface area contributed by atoms with Gasteiger partial charge in [0.05, 0.1) is 13.2 Å². The summed E-state index contributed by atoms with van der Waals surface area (Å²) in [4.78, 5) is 11.0. The van der Waals surface area contributed by atoms with Crippen LogP contribution >= 0.6 is 0 Å². The average Bonchev–Trinajstić information content (AvgIpc) is 2.18. The maximum atomic E-state index is 11.8. The lowest BCUT2D eigenvalue weighted by molar-refractivity contribution is -0.120. The first-order valence-corrected chi connectivity index (χ1v) is 4.50. The molecule has 0 rings (SSSR count). The molecule has 7 heteroatoms. The van der Waals surface area contributed by atoms with E-state index in [1.807, 2.05) is 0 Å². The van der Waals surface area contributed by atoms with Crippen molar-refractivity contribution in [2.24, 2.45) is 0 Å². The van der Waals surface area contributed by atoms with E-state index in [0.29, 0.717) is 13.2 Å². The maximum Gasteiger partial charge on any atom is 0.265 e. The second-order valence-electron chi connectivity index (χ2n) is 2.88. The van der Waals surface area contributed by atoms with Gasteiger partial charge in [0.25, 0.3) is 6.43 Å². The van der Waals surface area contributed by atoms with E-state index < -0.39 is 12.5 Å². The van der Waals surface area contributed by atoms with Crippen molar-refractivity contribution in [3.63, 3.8) is 0 Å². The molecule has 0 aromatic heterocycles. The molecule has 0 saturated carbocycles. The molecule has 0 fully saturated rings. The summed E-state index contributed by atoms with van der Waals surface area (Å²) in [7, 11) is 1.50. The molecule has 0 aliphatic rings. The van der Waals surface area contributed by atoms with Gasteiger partial charge in [-0.3, -0.25) is 4.79 Å². The van der Waals surface area contributed by atoms with Crippen molar-refractivity contribution in [1.82, 2.24) is 10.6 Å². The smallest absolute Gasteiger partial charge is 0.265 e. The molecule has 5 nitrogen and oxygen atoms in total. The minimum absolute atomic E-state index is 0.104. The number of rotatable bonds is 8. The van der Waals surface area contributed by atoms with Crippen molar-refractivity contribution in [2.75, 3.05) is 33.4 Å². The molecule has 1 amide bonds. The Labute approximate surface area is 86.8 Å². The highest BCUT2D eigenvalue weighted by Crippen LogP contribution is 1.97. The molecular weight excluding hydrogens is 210 g/mol. The van der Waals surface area contributed by atoms with Gasteiger partial charge in [-0.1, -0.05) is 0 Å². The SMILES string of the molecule is COCCNC(=O)CNCC(O)C(F)F. The number of ether oxygens (including phenoxy) is 1. The Hall–Kier alpha value is -0.790. The zero-order valence-electron chi connectivity index (χ0n) is 8.50. The van der Waals surface area contributed by atoms with E-state index in [2.05, 4.69) is 10.6 Å². The number of carbonyl (C=O) groups is 1. The van der Waals surface area contributed by atoms with Gasteiger partial charge in [-0.15, -0.1) is 0 Å². The second-order valence-corrected chi connectivity index (χ2v) is 2.88. The molecule has 0 radical (unpaired) electrons.